The third-order valence-electron chi connectivity index (χ3n) is 3.84. The fraction of sp³-hybridized carbons (Fsp3) is 0.278. The SMILES string of the molecule is CC1Cc2cc(C(=O)CCc3ccccc3)ccc2N1. The quantitative estimate of drug-likeness (QED) is 0.850. The Bertz CT molecular complexity index is 619. The van der Waals surface area contributed by atoms with Gasteiger partial charge in [-0.15, -0.1) is 0 Å². The average Bonchev–Trinajstić information content (AvgIpc) is 2.85. The Morgan fingerprint density at radius 1 is 1.20 bits per heavy atom. The van der Waals surface area contributed by atoms with Gasteiger partial charge in [-0.05, 0) is 49.1 Å². The molecule has 0 saturated heterocycles. The summed E-state index contributed by atoms with van der Waals surface area (Å²) < 4.78 is 0. The number of hydrogen-bond donors (Lipinski definition) is 1. The van der Waals surface area contributed by atoms with E-state index in [1.807, 2.05) is 30.3 Å². The molecule has 3 rings (SSSR count). The van der Waals surface area contributed by atoms with Gasteiger partial charge in [-0.1, -0.05) is 30.3 Å². The third-order valence-corrected chi connectivity index (χ3v) is 3.84. The van der Waals surface area contributed by atoms with E-state index in [1.54, 1.807) is 0 Å². The molecule has 1 unspecified atom stereocenters. The van der Waals surface area contributed by atoms with E-state index in [0.717, 1.165) is 18.4 Å². The van der Waals surface area contributed by atoms with Gasteiger partial charge in [-0.3, -0.25) is 4.79 Å². The number of anilines is 1. The molecule has 1 aliphatic rings. The first-order chi connectivity index (χ1) is 9.72. The van der Waals surface area contributed by atoms with E-state index in [2.05, 4.69) is 30.4 Å². The van der Waals surface area contributed by atoms with Crippen molar-refractivity contribution in [1.82, 2.24) is 0 Å². The molecular weight excluding hydrogens is 246 g/mol. The molecule has 1 aliphatic heterocycles. The molecule has 2 aromatic rings. The van der Waals surface area contributed by atoms with Crippen LogP contribution in [-0.4, -0.2) is 11.8 Å². The van der Waals surface area contributed by atoms with Crippen molar-refractivity contribution >= 4 is 11.5 Å². The molecule has 0 saturated carbocycles. The second-order valence-corrected chi connectivity index (χ2v) is 5.53. The normalized spacial score (nSPS) is 16.6. The summed E-state index contributed by atoms with van der Waals surface area (Å²) in [5.74, 6) is 0.233. The van der Waals surface area contributed by atoms with Crippen LogP contribution in [0.2, 0.25) is 0 Å². The number of benzene rings is 2. The number of fused-ring (bicyclic) bond motifs is 1. The number of aryl methyl sites for hydroxylation is 1. The molecule has 2 nitrogen and oxygen atoms in total. The van der Waals surface area contributed by atoms with E-state index >= 15 is 0 Å². The molecule has 1 N–H and O–H groups in total. The van der Waals surface area contributed by atoms with E-state index in [4.69, 9.17) is 0 Å². The van der Waals surface area contributed by atoms with Gasteiger partial charge >= 0.3 is 0 Å². The Balaban J connectivity index is 1.68. The molecule has 0 bridgehead atoms. The van der Waals surface area contributed by atoms with Crippen LogP contribution < -0.4 is 5.32 Å². The highest BCUT2D eigenvalue weighted by atomic mass is 16.1. The molecule has 0 amide bonds. The lowest BCUT2D eigenvalue weighted by molar-refractivity contribution is 0.0983. The molecule has 2 heteroatoms. The highest BCUT2D eigenvalue weighted by molar-refractivity contribution is 5.97. The largest absolute Gasteiger partial charge is 0.382 e. The van der Waals surface area contributed by atoms with Gasteiger partial charge in [-0.25, -0.2) is 0 Å². The highest BCUT2D eigenvalue weighted by Crippen LogP contribution is 2.27. The van der Waals surface area contributed by atoms with Gasteiger partial charge in [0.05, 0.1) is 0 Å². The maximum Gasteiger partial charge on any atom is 0.163 e. The molecular formula is C18H19NO. The monoisotopic (exact) mass is 265 g/mol. The third kappa shape index (κ3) is 2.74. The van der Waals surface area contributed by atoms with Gasteiger partial charge in [0.25, 0.3) is 0 Å². The summed E-state index contributed by atoms with van der Waals surface area (Å²) in [6.45, 7) is 2.16. The van der Waals surface area contributed by atoms with Gasteiger partial charge < -0.3 is 5.32 Å². The zero-order valence-electron chi connectivity index (χ0n) is 11.7. The number of rotatable bonds is 4. The first-order valence-electron chi connectivity index (χ1n) is 7.19. The lowest BCUT2D eigenvalue weighted by Gasteiger charge is -2.05. The molecule has 0 fully saturated rings. The van der Waals surface area contributed by atoms with E-state index in [1.165, 1.54) is 16.8 Å². The molecule has 0 aromatic heterocycles. The van der Waals surface area contributed by atoms with Crippen LogP contribution in [0.4, 0.5) is 5.69 Å². The molecule has 0 spiro atoms. The van der Waals surface area contributed by atoms with Crippen molar-refractivity contribution < 1.29 is 4.79 Å². The van der Waals surface area contributed by atoms with Crippen LogP contribution in [0.25, 0.3) is 0 Å². The van der Waals surface area contributed by atoms with E-state index in [-0.39, 0.29) is 5.78 Å². The fourth-order valence-corrected chi connectivity index (χ4v) is 2.77. The maximum atomic E-state index is 12.3. The van der Waals surface area contributed by atoms with Crippen molar-refractivity contribution in [2.45, 2.75) is 32.2 Å². The number of nitrogens with one attached hydrogen (secondary N) is 1. The van der Waals surface area contributed by atoms with Gasteiger partial charge in [-0.2, -0.15) is 0 Å². The van der Waals surface area contributed by atoms with Crippen LogP contribution in [0.5, 0.6) is 0 Å². The summed E-state index contributed by atoms with van der Waals surface area (Å²) in [6, 6.07) is 16.7. The number of carbonyl (C=O) groups excluding carboxylic acids is 1. The summed E-state index contributed by atoms with van der Waals surface area (Å²) in [7, 11) is 0. The Hall–Kier alpha value is -2.09. The van der Waals surface area contributed by atoms with Crippen molar-refractivity contribution in [1.29, 1.82) is 0 Å². The van der Waals surface area contributed by atoms with Gasteiger partial charge in [0, 0.05) is 23.7 Å². The second kappa shape index (κ2) is 5.49. The predicted octanol–water partition coefficient (Wildman–Crippen LogP) is 3.86. The summed E-state index contributed by atoms with van der Waals surface area (Å²) in [5, 5.41) is 3.41. The summed E-state index contributed by atoms with van der Waals surface area (Å²) in [5.41, 5.74) is 4.51. The minimum atomic E-state index is 0.233. The van der Waals surface area contributed by atoms with Crippen molar-refractivity contribution in [2.24, 2.45) is 0 Å². The van der Waals surface area contributed by atoms with Crippen molar-refractivity contribution in [3.05, 3.63) is 65.2 Å². The zero-order valence-corrected chi connectivity index (χ0v) is 11.7. The van der Waals surface area contributed by atoms with Crippen LogP contribution in [-0.2, 0) is 12.8 Å². The van der Waals surface area contributed by atoms with Crippen molar-refractivity contribution in [3.8, 4) is 0 Å². The smallest absolute Gasteiger partial charge is 0.163 e. The second-order valence-electron chi connectivity index (χ2n) is 5.53. The Kier molecular flexibility index (Phi) is 3.55. The predicted molar refractivity (Wildman–Crippen MR) is 82.3 cm³/mol. The van der Waals surface area contributed by atoms with E-state index in [9.17, 15) is 4.79 Å². The summed E-state index contributed by atoms with van der Waals surface area (Å²) >= 11 is 0. The topological polar surface area (TPSA) is 29.1 Å². The van der Waals surface area contributed by atoms with Gasteiger partial charge in [0.15, 0.2) is 5.78 Å². The van der Waals surface area contributed by atoms with Crippen LogP contribution >= 0.6 is 0 Å². The zero-order chi connectivity index (χ0) is 13.9. The fourth-order valence-electron chi connectivity index (χ4n) is 2.77. The average molecular weight is 265 g/mol. The minimum Gasteiger partial charge on any atom is -0.382 e. The molecule has 0 aliphatic carbocycles. The van der Waals surface area contributed by atoms with Crippen molar-refractivity contribution in [3.63, 3.8) is 0 Å². The molecule has 20 heavy (non-hydrogen) atoms. The lowest BCUT2D eigenvalue weighted by Crippen LogP contribution is -2.08. The minimum absolute atomic E-state index is 0.233. The van der Waals surface area contributed by atoms with Crippen LogP contribution in [0.15, 0.2) is 48.5 Å². The molecule has 1 atom stereocenters. The standard InChI is InChI=1S/C18H19NO/c1-13-11-16-12-15(8-9-17(16)19-13)18(20)10-7-14-5-3-2-4-6-14/h2-6,8-9,12-13,19H,7,10-11H2,1H3. The molecule has 1 heterocycles. The lowest BCUT2D eigenvalue weighted by atomic mass is 10.00. The Morgan fingerprint density at radius 2 is 2.00 bits per heavy atom. The van der Waals surface area contributed by atoms with Gasteiger partial charge in [0.1, 0.15) is 0 Å². The molecule has 0 radical (unpaired) electrons. The first-order valence-corrected chi connectivity index (χ1v) is 7.19. The number of Topliss-reactive ketones (excluding diaryl/α,β-unsaturated/α-hetero) is 1. The number of hydrogen-bond acceptors (Lipinski definition) is 2. The highest BCUT2D eigenvalue weighted by Gasteiger charge is 2.18. The van der Waals surface area contributed by atoms with Crippen LogP contribution in [0.3, 0.4) is 0 Å². The summed E-state index contributed by atoms with van der Waals surface area (Å²) in [6.07, 6.45) is 2.40. The number of ketones is 1. The Labute approximate surface area is 119 Å². The van der Waals surface area contributed by atoms with Crippen molar-refractivity contribution in [2.75, 3.05) is 5.32 Å². The van der Waals surface area contributed by atoms with Crippen LogP contribution in [0, 0.1) is 0 Å². The first kappa shape index (κ1) is 12.9. The molecule has 2 aromatic carbocycles. The molecule has 102 valence electrons. The van der Waals surface area contributed by atoms with E-state index < -0.39 is 0 Å². The summed E-state index contributed by atoms with van der Waals surface area (Å²) in [4.78, 5) is 12.3. The maximum absolute atomic E-state index is 12.3. The Morgan fingerprint density at radius 3 is 2.80 bits per heavy atom. The number of carbonyl (C=O) groups is 1. The van der Waals surface area contributed by atoms with Gasteiger partial charge in [0.2, 0.25) is 0 Å². The van der Waals surface area contributed by atoms with E-state index in [0.29, 0.717) is 12.5 Å². The van der Waals surface area contributed by atoms with Crippen LogP contribution in [0.1, 0.15) is 34.8 Å².